The SMILES string of the molecule is CC/C=C/C=C(/C(=O)Nc1cccc(-c2cccc(-c3cc4c(c(OC)n3)C(N3CC5CC5C3)CC4)c2Cl)c1C)C(=O)N(C)C. The van der Waals surface area contributed by atoms with Crippen LogP contribution >= 0.6 is 11.6 Å². The van der Waals surface area contributed by atoms with Crippen molar-refractivity contribution in [1.29, 1.82) is 0 Å². The molecule has 2 aliphatic carbocycles. The molecule has 2 fully saturated rings. The van der Waals surface area contributed by atoms with Gasteiger partial charge in [-0.05, 0) is 79.3 Å². The van der Waals surface area contributed by atoms with Gasteiger partial charge in [-0.25, -0.2) is 4.98 Å². The number of benzene rings is 2. The number of aryl methyl sites for hydroxylation is 1. The van der Waals surface area contributed by atoms with Crippen LogP contribution in [-0.2, 0) is 16.0 Å². The van der Waals surface area contributed by atoms with Gasteiger partial charge in [0, 0.05) is 55.6 Å². The Morgan fingerprint density at radius 3 is 2.53 bits per heavy atom. The van der Waals surface area contributed by atoms with Crippen molar-refractivity contribution in [2.24, 2.45) is 11.8 Å². The lowest BCUT2D eigenvalue weighted by Crippen LogP contribution is -2.30. The topological polar surface area (TPSA) is 74.8 Å². The first-order chi connectivity index (χ1) is 21.7. The van der Waals surface area contributed by atoms with Crippen molar-refractivity contribution in [3.05, 3.63) is 88.0 Å². The zero-order valence-corrected chi connectivity index (χ0v) is 27.4. The number of hydrogen-bond donors (Lipinski definition) is 1. The van der Waals surface area contributed by atoms with Gasteiger partial charge in [0.25, 0.3) is 11.8 Å². The van der Waals surface area contributed by atoms with E-state index < -0.39 is 5.91 Å². The number of anilines is 1. The quantitative estimate of drug-likeness (QED) is 0.118. The average molecular weight is 625 g/mol. The molecule has 45 heavy (non-hydrogen) atoms. The second kappa shape index (κ2) is 12.8. The summed E-state index contributed by atoms with van der Waals surface area (Å²) in [6.45, 7) is 6.31. The number of carbonyl (C=O) groups excluding carboxylic acids is 2. The molecule has 1 saturated heterocycles. The fraction of sp³-hybridized carbons (Fsp3) is 0.378. The van der Waals surface area contributed by atoms with E-state index in [-0.39, 0.29) is 11.5 Å². The third kappa shape index (κ3) is 6.03. The number of carbonyl (C=O) groups is 2. The Balaban J connectivity index is 1.31. The number of nitrogens with one attached hydrogen (secondary N) is 1. The monoisotopic (exact) mass is 624 g/mol. The summed E-state index contributed by atoms with van der Waals surface area (Å²) in [6.07, 6.45) is 9.48. The first kappa shape index (κ1) is 31.1. The Morgan fingerprint density at radius 1 is 1.11 bits per heavy atom. The number of nitrogens with zero attached hydrogens (tertiary/aromatic N) is 3. The van der Waals surface area contributed by atoms with Crippen molar-refractivity contribution in [2.75, 3.05) is 39.6 Å². The number of pyridine rings is 1. The van der Waals surface area contributed by atoms with Gasteiger partial charge in [0.2, 0.25) is 5.88 Å². The number of allylic oxidation sites excluding steroid dienone is 3. The molecule has 1 N–H and O–H groups in total. The number of amides is 2. The highest BCUT2D eigenvalue weighted by molar-refractivity contribution is 6.36. The van der Waals surface area contributed by atoms with Crippen molar-refractivity contribution in [2.45, 2.75) is 45.6 Å². The third-order valence-electron chi connectivity index (χ3n) is 9.43. The van der Waals surface area contributed by atoms with E-state index in [1.54, 1.807) is 33.4 Å². The molecule has 0 radical (unpaired) electrons. The first-order valence-electron chi connectivity index (χ1n) is 15.8. The van der Waals surface area contributed by atoms with E-state index in [1.165, 1.54) is 35.5 Å². The molecule has 3 unspecified atom stereocenters. The summed E-state index contributed by atoms with van der Waals surface area (Å²) in [5.41, 5.74) is 7.39. The predicted molar refractivity (Wildman–Crippen MR) is 180 cm³/mol. The highest BCUT2D eigenvalue weighted by Crippen LogP contribution is 2.51. The molecule has 7 nitrogen and oxygen atoms in total. The highest BCUT2D eigenvalue weighted by atomic mass is 35.5. The molecule has 1 aromatic heterocycles. The lowest BCUT2D eigenvalue weighted by atomic mass is 9.96. The fourth-order valence-corrected chi connectivity index (χ4v) is 7.23. The van der Waals surface area contributed by atoms with Crippen molar-refractivity contribution < 1.29 is 14.3 Å². The molecule has 3 aromatic rings. The van der Waals surface area contributed by atoms with Gasteiger partial charge in [0.1, 0.15) is 5.57 Å². The Morgan fingerprint density at radius 2 is 1.82 bits per heavy atom. The molecule has 8 heteroatoms. The number of methoxy groups -OCH3 is 1. The number of rotatable bonds is 9. The molecule has 1 saturated carbocycles. The number of fused-ring (bicyclic) bond motifs is 2. The molecule has 6 rings (SSSR count). The highest BCUT2D eigenvalue weighted by Gasteiger charge is 2.48. The van der Waals surface area contributed by atoms with Gasteiger partial charge >= 0.3 is 0 Å². The first-order valence-corrected chi connectivity index (χ1v) is 16.2. The van der Waals surface area contributed by atoms with Crippen LogP contribution in [0.25, 0.3) is 22.4 Å². The number of halogens is 1. The smallest absolute Gasteiger partial charge is 0.261 e. The van der Waals surface area contributed by atoms with Crippen molar-refractivity contribution in [3.8, 4) is 28.3 Å². The van der Waals surface area contributed by atoms with E-state index in [4.69, 9.17) is 21.3 Å². The summed E-state index contributed by atoms with van der Waals surface area (Å²) in [5.74, 6) is 1.63. The van der Waals surface area contributed by atoms with Crippen LogP contribution in [0.4, 0.5) is 5.69 Å². The summed E-state index contributed by atoms with van der Waals surface area (Å²) in [5, 5.41) is 3.54. The molecule has 3 aliphatic rings. The van der Waals surface area contributed by atoms with Crippen LogP contribution < -0.4 is 10.1 Å². The maximum atomic E-state index is 13.3. The number of ether oxygens (including phenoxy) is 1. The Labute approximate surface area is 270 Å². The van der Waals surface area contributed by atoms with Gasteiger partial charge in [-0.1, -0.05) is 61.0 Å². The molecule has 3 atom stereocenters. The Bertz CT molecular complexity index is 1700. The maximum Gasteiger partial charge on any atom is 0.261 e. The number of hydrogen-bond acceptors (Lipinski definition) is 5. The largest absolute Gasteiger partial charge is 0.481 e. The van der Waals surface area contributed by atoms with Gasteiger partial charge in [0.05, 0.1) is 17.8 Å². The van der Waals surface area contributed by atoms with E-state index in [9.17, 15) is 9.59 Å². The fourth-order valence-electron chi connectivity index (χ4n) is 6.91. The van der Waals surface area contributed by atoms with E-state index in [0.717, 1.165) is 59.0 Å². The summed E-state index contributed by atoms with van der Waals surface area (Å²) < 4.78 is 5.90. The third-order valence-corrected chi connectivity index (χ3v) is 9.84. The normalized spacial score (nSPS) is 20.7. The van der Waals surface area contributed by atoms with Crippen molar-refractivity contribution in [3.63, 3.8) is 0 Å². The molecule has 1 aliphatic heterocycles. The maximum absolute atomic E-state index is 13.3. The molecule has 2 amide bonds. The van der Waals surface area contributed by atoms with Crippen LogP contribution in [0, 0.1) is 18.8 Å². The van der Waals surface area contributed by atoms with Crippen LogP contribution in [0.3, 0.4) is 0 Å². The van der Waals surface area contributed by atoms with Crippen LogP contribution in [0.1, 0.15) is 48.9 Å². The minimum Gasteiger partial charge on any atom is -0.481 e. The van der Waals surface area contributed by atoms with E-state index in [0.29, 0.717) is 22.6 Å². The lowest BCUT2D eigenvalue weighted by molar-refractivity contribution is -0.127. The van der Waals surface area contributed by atoms with Gasteiger partial charge < -0.3 is 15.0 Å². The number of likely N-dealkylation sites (tertiary alicyclic amines) is 1. The van der Waals surface area contributed by atoms with Gasteiger partial charge in [0.15, 0.2) is 0 Å². The lowest BCUT2D eigenvalue weighted by Gasteiger charge is -2.27. The molecular formula is C37H41ClN4O3. The molecular weight excluding hydrogens is 584 g/mol. The van der Waals surface area contributed by atoms with Crippen LogP contribution in [0.5, 0.6) is 5.88 Å². The molecule has 2 aromatic carbocycles. The predicted octanol–water partition coefficient (Wildman–Crippen LogP) is 7.24. The zero-order valence-electron chi connectivity index (χ0n) is 26.7. The minimum absolute atomic E-state index is 0.0648. The number of piperidine rings is 1. The molecule has 0 bridgehead atoms. The van der Waals surface area contributed by atoms with Crippen molar-refractivity contribution >= 4 is 29.1 Å². The molecule has 0 spiro atoms. The number of aromatic nitrogens is 1. The zero-order chi connectivity index (χ0) is 31.8. The van der Waals surface area contributed by atoms with Gasteiger partial charge in [-0.2, -0.15) is 0 Å². The van der Waals surface area contributed by atoms with E-state index in [2.05, 4.69) is 16.3 Å². The second-order valence-corrected chi connectivity index (χ2v) is 12.9. The van der Waals surface area contributed by atoms with Crippen LogP contribution in [-0.4, -0.2) is 60.9 Å². The standard InChI is InChI=1S/C37H41ClN4O3/c1-6-7-8-11-29(37(44)41(3)4)35(43)39-30-15-10-12-26(22(30)2)27-13-9-14-28(34(27)38)31-19-23-16-17-32(33(23)36(40-31)45-5)42-20-24-18-25(24)21-42/h7-15,19,24-25,32H,6,16-18,20-21H2,1-5H3,(H,39,43)/b8-7+,29-11-. The molecule has 234 valence electrons. The summed E-state index contributed by atoms with van der Waals surface area (Å²) in [6, 6.07) is 14.2. The Kier molecular flexibility index (Phi) is 8.85. The van der Waals surface area contributed by atoms with Crippen LogP contribution in [0.15, 0.2) is 66.3 Å². The van der Waals surface area contributed by atoms with E-state index >= 15 is 0 Å². The van der Waals surface area contributed by atoms with Gasteiger partial charge in [-0.15, -0.1) is 0 Å². The minimum atomic E-state index is -0.465. The summed E-state index contributed by atoms with van der Waals surface area (Å²) >= 11 is 7.16. The van der Waals surface area contributed by atoms with E-state index in [1.807, 2.05) is 56.3 Å². The second-order valence-electron chi connectivity index (χ2n) is 12.6. The summed E-state index contributed by atoms with van der Waals surface area (Å²) in [4.78, 5) is 35.2. The van der Waals surface area contributed by atoms with Crippen molar-refractivity contribution in [1.82, 2.24) is 14.8 Å². The van der Waals surface area contributed by atoms with Gasteiger partial charge in [-0.3, -0.25) is 14.5 Å². The number of likely N-dealkylation sites (N-methyl/N-ethyl adjacent to an activating group) is 1. The molecule has 2 heterocycles. The average Bonchev–Trinajstić information content (AvgIpc) is 3.41. The Hall–Kier alpha value is -3.94. The van der Waals surface area contributed by atoms with Crippen LogP contribution in [0.2, 0.25) is 5.02 Å². The summed E-state index contributed by atoms with van der Waals surface area (Å²) in [7, 11) is 4.97.